The lowest BCUT2D eigenvalue weighted by Crippen LogP contribution is -2.62. The van der Waals surface area contributed by atoms with Gasteiger partial charge in [-0.1, -0.05) is 18.9 Å². The topological polar surface area (TPSA) is 170 Å². The number of ether oxygens (including phenoxy) is 2. The maximum Gasteiger partial charge on any atom is 0.433 e. The summed E-state index contributed by atoms with van der Waals surface area (Å²) in [6.45, 7) is -0.572. The van der Waals surface area contributed by atoms with Gasteiger partial charge in [-0.15, -0.1) is 0 Å². The number of hydrogen-bond donors (Lipinski definition) is 5. The molecule has 0 saturated heterocycles. The Morgan fingerprint density at radius 3 is 2.37 bits per heavy atom. The predicted octanol–water partition coefficient (Wildman–Crippen LogP) is 4.75. The van der Waals surface area contributed by atoms with Crippen LogP contribution in [0.1, 0.15) is 42.5 Å². The predicted molar refractivity (Wildman–Crippen MR) is 184 cm³/mol. The summed E-state index contributed by atoms with van der Waals surface area (Å²) in [7, 11) is 1.41. The Morgan fingerprint density at radius 1 is 0.982 bits per heavy atom. The molecule has 310 valence electrons. The maximum atomic E-state index is 15.5. The van der Waals surface area contributed by atoms with E-state index in [4.69, 9.17) is 14.6 Å². The van der Waals surface area contributed by atoms with Crippen LogP contribution in [0.2, 0.25) is 0 Å². The minimum atomic E-state index is -5.00. The molecule has 1 spiro atoms. The maximum absolute atomic E-state index is 15.5. The molecule has 13 nitrogen and oxygen atoms in total. The summed E-state index contributed by atoms with van der Waals surface area (Å²) in [5.74, 6) is -6.47. The molecule has 1 unspecified atom stereocenters. The van der Waals surface area contributed by atoms with Crippen molar-refractivity contribution in [2.75, 3.05) is 51.9 Å². The zero-order valence-electron chi connectivity index (χ0n) is 30.2. The number of hydrogen-bond acceptors (Lipinski definition) is 11. The fraction of sp³-hybridized carbons (Fsp3) is 0.444. The van der Waals surface area contributed by atoms with Crippen LogP contribution in [0.25, 0.3) is 11.3 Å². The molecule has 1 aliphatic heterocycles. The number of carbonyl (C=O) groups is 2. The van der Waals surface area contributed by atoms with Gasteiger partial charge in [0.1, 0.15) is 30.0 Å². The number of anilines is 1. The van der Waals surface area contributed by atoms with E-state index in [1.54, 1.807) is 0 Å². The van der Waals surface area contributed by atoms with Gasteiger partial charge in [0, 0.05) is 31.3 Å². The summed E-state index contributed by atoms with van der Waals surface area (Å²) in [6, 6.07) is 4.41. The van der Waals surface area contributed by atoms with Crippen molar-refractivity contribution in [2.24, 2.45) is 0 Å². The Bertz CT molecular complexity index is 1970. The molecular formula is C36H38F8N6O7. The number of aliphatic hydroxyl groups is 3. The van der Waals surface area contributed by atoms with Crippen LogP contribution >= 0.6 is 0 Å². The molecule has 5 N–H and O–H groups in total. The molecule has 57 heavy (non-hydrogen) atoms. The van der Waals surface area contributed by atoms with Gasteiger partial charge in [0.15, 0.2) is 11.6 Å². The van der Waals surface area contributed by atoms with Crippen LogP contribution < -0.4 is 15.4 Å². The van der Waals surface area contributed by atoms with Crippen LogP contribution in [0.4, 0.5) is 40.8 Å². The Morgan fingerprint density at radius 2 is 1.70 bits per heavy atom. The highest BCUT2D eigenvalue weighted by Gasteiger charge is 2.53. The smallest absolute Gasteiger partial charge is 0.433 e. The number of aliphatic hydroxyl groups excluding tert-OH is 3. The number of carbonyl (C=O) groups excluding carboxylic acids is 2. The summed E-state index contributed by atoms with van der Waals surface area (Å²) in [6.07, 6.45) is -8.97. The molecular weight excluding hydrogens is 780 g/mol. The lowest BCUT2D eigenvalue weighted by atomic mass is 9.88. The fourth-order valence-electron chi connectivity index (χ4n) is 6.53. The number of amides is 2. The lowest BCUT2D eigenvalue weighted by Gasteiger charge is -2.48. The molecule has 2 amide bonds. The molecule has 0 radical (unpaired) electrons. The van der Waals surface area contributed by atoms with Crippen LogP contribution in [0, 0.1) is 11.6 Å². The highest BCUT2D eigenvalue weighted by molar-refractivity contribution is 6.24. The van der Waals surface area contributed by atoms with Gasteiger partial charge < -0.3 is 35.4 Å². The summed E-state index contributed by atoms with van der Waals surface area (Å²) in [4.78, 5) is 34.7. The molecule has 1 saturated carbocycles. The van der Waals surface area contributed by atoms with Crippen molar-refractivity contribution in [3.8, 4) is 17.0 Å². The average molecular weight is 819 g/mol. The van der Waals surface area contributed by atoms with Crippen molar-refractivity contribution >= 4 is 17.5 Å². The number of alkyl halides is 6. The van der Waals surface area contributed by atoms with E-state index in [2.05, 4.69) is 20.6 Å². The normalized spacial score (nSPS) is 16.8. The van der Waals surface area contributed by atoms with Crippen LogP contribution in [0.3, 0.4) is 0 Å². The van der Waals surface area contributed by atoms with E-state index < -0.39 is 106 Å². The van der Waals surface area contributed by atoms with E-state index in [0.29, 0.717) is 43.9 Å². The number of likely N-dealkylation sites (N-methyl/N-ethyl adjacent to an activating group) is 1. The quantitative estimate of drug-likeness (QED) is 0.0816. The molecule has 2 aliphatic rings. The van der Waals surface area contributed by atoms with Crippen LogP contribution in [0.15, 0.2) is 54.1 Å². The van der Waals surface area contributed by atoms with Crippen LogP contribution in [-0.2, 0) is 33.2 Å². The number of hydrazine groups is 1. The Kier molecular flexibility index (Phi) is 13.4. The summed E-state index contributed by atoms with van der Waals surface area (Å²) in [5.41, 5.74) is -7.15. The van der Waals surface area contributed by atoms with Gasteiger partial charge in [0.25, 0.3) is 11.8 Å². The molecule has 3 aromatic rings. The summed E-state index contributed by atoms with van der Waals surface area (Å²) < 4.78 is 123. The number of halogens is 8. The third-order valence-corrected chi connectivity index (χ3v) is 9.54. The number of nitrogens with zero attached hydrogens (tertiary/aromatic N) is 4. The first-order chi connectivity index (χ1) is 26.9. The molecule has 2 heterocycles. The van der Waals surface area contributed by atoms with Crippen molar-refractivity contribution in [1.29, 1.82) is 0 Å². The first-order valence-corrected chi connectivity index (χ1v) is 17.5. The average Bonchev–Trinajstić information content (AvgIpc) is 3.67. The van der Waals surface area contributed by atoms with Crippen LogP contribution in [-0.4, -0.2) is 105 Å². The molecule has 1 aromatic heterocycles. The second kappa shape index (κ2) is 17.7. The number of aromatic nitrogens is 2. The molecule has 1 aliphatic carbocycles. The van der Waals surface area contributed by atoms with E-state index in [0.717, 1.165) is 23.2 Å². The van der Waals surface area contributed by atoms with Gasteiger partial charge in [-0.05, 0) is 43.2 Å². The minimum absolute atomic E-state index is 0.00942. The summed E-state index contributed by atoms with van der Waals surface area (Å²) >= 11 is 0. The molecule has 2 aromatic carbocycles. The zero-order chi connectivity index (χ0) is 41.7. The molecule has 1 fully saturated rings. The van der Waals surface area contributed by atoms with Gasteiger partial charge in [-0.3, -0.25) is 14.6 Å². The van der Waals surface area contributed by atoms with Crippen molar-refractivity contribution in [1.82, 2.24) is 25.3 Å². The van der Waals surface area contributed by atoms with Crippen molar-refractivity contribution in [2.45, 2.75) is 56.2 Å². The van der Waals surface area contributed by atoms with E-state index in [9.17, 15) is 46.1 Å². The standard InChI is InChI=1S/C36H38F8N6O7/c1-49-34(8-2-3-9-34)31(53)28(32(54)48-24-6-5-21(35(39,40)41)14-23(24)25-15-27(36(42,43)44)47-19-46-25)33(55)50(49)17-20-4-7-26(30(38)29(20)37)57-13-12-56-11-10-45-16-22(52)18-51/h4-7,14-15,19,22,45,51-53H,2-3,8-13,16-18H2,1H3,(H,48,54). The second-order valence-electron chi connectivity index (χ2n) is 13.2. The number of nitrogens with one attached hydrogen (secondary N) is 2. The summed E-state index contributed by atoms with van der Waals surface area (Å²) in [5, 5.41) is 36.9. The van der Waals surface area contributed by atoms with Gasteiger partial charge in [0.2, 0.25) is 5.82 Å². The number of benzene rings is 2. The first kappa shape index (κ1) is 43.2. The van der Waals surface area contributed by atoms with E-state index >= 15 is 8.78 Å². The highest BCUT2D eigenvalue weighted by atomic mass is 19.4. The molecule has 0 bridgehead atoms. The van der Waals surface area contributed by atoms with Gasteiger partial charge in [-0.2, -0.15) is 30.7 Å². The zero-order valence-corrected chi connectivity index (χ0v) is 30.2. The van der Waals surface area contributed by atoms with Crippen molar-refractivity contribution < 1.29 is 69.5 Å². The van der Waals surface area contributed by atoms with Crippen LogP contribution in [0.5, 0.6) is 5.75 Å². The first-order valence-electron chi connectivity index (χ1n) is 17.5. The van der Waals surface area contributed by atoms with Crippen molar-refractivity contribution in [3.63, 3.8) is 0 Å². The third-order valence-electron chi connectivity index (χ3n) is 9.54. The minimum Gasteiger partial charge on any atom is -0.509 e. The Labute approximate surface area is 319 Å². The Hall–Kier alpha value is -4.96. The largest absolute Gasteiger partial charge is 0.509 e. The molecule has 21 heteroatoms. The fourth-order valence-corrected chi connectivity index (χ4v) is 6.53. The van der Waals surface area contributed by atoms with Gasteiger partial charge in [0.05, 0.1) is 55.0 Å². The van der Waals surface area contributed by atoms with Crippen molar-refractivity contribution in [3.05, 3.63) is 82.5 Å². The monoisotopic (exact) mass is 818 g/mol. The van der Waals surface area contributed by atoms with E-state index in [1.807, 2.05) is 0 Å². The van der Waals surface area contributed by atoms with Gasteiger partial charge in [-0.25, -0.2) is 19.4 Å². The second-order valence-corrected chi connectivity index (χ2v) is 13.2. The highest BCUT2D eigenvalue weighted by Crippen LogP contribution is 2.45. The van der Waals surface area contributed by atoms with Gasteiger partial charge >= 0.3 is 12.4 Å². The SMILES string of the molecule is CN1N(Cc2ccc(OCCOCCNCC(O)CO)c(F)c2F)C(=O)C(C(=O)Nc2ccc(C(F)(F)F)cc2-c2cc(C(F)(F)F)ncn2)=C(O)C12CCCC2. The van der Waals surface area contributed by atoms with E-state index in [1.165, 1.54) is 12.1 Å². The Balaban J connectivity index is 1.38. The molecule has 1 atom stereocenters. The lowest BCUT2D eigenvalue weighted by molar-refractivity contribution is -0.163. The van der Waals surface area contributed by atoms with E-state index in [-0.39, 0.29) is 44.8 Å². The number of rotatable bonds is 15. The molecule has 5 rings (SSSR count). The third kappa shape index (κ3) is 9.61.